The molecule has 33 heavy (non-hydrogen) atoms. The summed E-state index contributed by atoms with van der Waals surface area (Å²) in [4.78, 5) is 44.7. The maximum atomic E-state index is 11.4. The molecular formula is C22H44N2O9. The topological polar surface area (TPSA) is 183 Å². The van der Waals surface area contributed by atoms with E-state index in [-0.39, 0.29) is 17.3 Å². The minimum atomic E-state index is -1.04. The van der Waals surface area contributed by atoms with Gasteiger partial charge in [0.15, 0.2) is 0 Å². The molecule has 0 bridgehead atoms. The number of hydrogen-bond acceptors (Lipinski definition) is 6. The van der Waals surface area contributed by atoms with Crippen LogP contribution in [0.15, 0.2) is 0 Å². The first-order valence-electron chi connectivity index (χ1n) is 10.8. The van der Waals surface area contributed by atoms with Crippen molar-refractivity contribution in [1.82, 2.24) is 10.6 Å². The van der Waals surface area contributed by atoms with Crippen molar-refractivity contribution >= 4 is 24.1 Å². The summed E-state index contributed by atoms with van der Waals surface area (Å²) in [7, 11) is 0. The van der Waals surface area contributed by atoms with Crippen LogP contribution in [0.2, 0.25) is 0 Å². The summed E-state index contributed by atoms with van der Waals surface area (Å²) in [6.45, 7) is 17.7. The quantitative estimate of drug-likeness (QED) is 0.408. The first-order valence-corrected chi connectivity index (χ1v) is 10.8. The van der Waals surface area contributed by atoms with Gasteiger partial charge in [-0.1, -0.05) is 40.5 Å². The zero-order valence-corrected chi connectivity index (χ0v) is 21.6. The van der Waals surface area contributed by atoms with Crippen molar-refractivity contribution < 1.29 is 44.3 Å². The number of hydrogen-bond donors (Lipinski definition) is 4. The van der Waals surface area contributed by atoms with Gasteiger partial charge in [0.2, 0.25) is 0 Å². The van der Waals surface area contributed by atoms with Gasteiger partial charge in [0.25, 0.3) is 0 Å². The zero-order valence-electron chi connectivity index (χ0n) is 21.6. The minimum Gasteiger partial charge on any atom is -0.480 e. The Bertz CT molecular complexity index is 570. The fourth-order valence-electron chi connectivity index (χ4n) is 2.24. The van der Waals surface area contributed by atoms with E-state index in [9.17, 15) is 19.2 Å². The van der Waals surface area contributed by atoms with E-state index in [4.69, 9.17) is 19.7 Å². The average Bonchev–Trinajstić information content (AvgIpc) is 2.60. The molecule has 2 unspecified atom stereocenters. The van der Waals surface area contributed by atoms with E-state index >= 15 is 0 Å². The van der Waals surface area contributed by atoms with Gasteiger partial charge < -0.3 is 35.8 Å². The lowest BCUT2D eigenvalue weighted by Crippen LogP contribution is -2.46. The number of ether oxygens (including phenoxy) is 2. The first kappa shape index (κ1) is 35.0. The predicted octanol–water partition coefficient (Wildman–Crippen LogP) is 3.20. The molecule has 11 heteroatoms. The fourth-order valence-corrected chi connectivity index (χ4v) is 2.24. The van der Waals surface area contributed by atoms with Gasteiger partial charge in [-0.3, -0.25) is 0 Å². The number of carbonyl (C=O) groups is 4. The van der Waals surface area contributed by atoms with Crippen LogP contribution in [0, 0.1) is 11.8 Å². The van der Waals surface area contributed by atoms with E-state index < -0.39 is 47.4 Å². The highest BCUT2D eigenvalue weighted by molar-refractivity contribution is 5.80. The van der Waals surface area contributed by atoms with E-state index in [1.54, 1.807) is 55.4 Å². The molecule has 0 saturated carbocycles. The van der Waals surface area contributed by atoms with E-state index in [0.717, 1.165) is 0 Å². The maximum Gasteiger partial charge on any atom is 0.408 e. The molecule has 2 amide bonds. The number of nitrogens with one attached hydrogen (secondary N) is 2. The Morgan fingerprint density at radius 1 is 0.697 bits per heavy atom. The second-order valence-corrected chi connectivity index (χ2v) is 9.70. The third-order valence-corrected chi connectivity index (χ3v) is 4.30. The summed E-state index contributed by atoms with van der Waals surface area (Å²) in [6.07, 6.45) is -0.0418. The number of amides is 2. The summed E-state index contributed by atoms with van der Waals surface area (Å²) in [5.41, 5.74) is -1.24. The predicted molar refractivity (Wildman–Crippen MR) is 124 cm³/mol. The molecule has 6 N–H and O–H groups in total. The summed E-state index contributed by atoms with van der Waals surface area (Å²) in [5, 5.41) is 22.6. The number of carboxylic acids is 2. The van der Waals surface area contributed by atoms with Crippen LogP contribution < -0.4 is 10.6 Å². The Kier molecular flexibility index (Phi) is 16.3. The van der Waals surface area contributed by atoms with E-state index in [1.807, 2.05) is 13.8 Å². The van der Waals surface area contributed by atoms with Crippen molar-refractivity contribution in [3.63, 3.8) is 0 Å². The normalized spacial score (nSPS) is 14.6. The Balaban J connectivity index is -0.000000529. The number of alkyl carbamates (subject to hydrolysis) is 2. The minimum absolute atomic E-state index is 0. The Hall–Kier alpha value is -2.56. The molecule has 0 aliphatic heterocycles. The molecule has 0 rings (SSSR count). The maximum absolute atomic E-state index is 11.4. The molecule has 0 aromatic heterocycles. The highest BCUT2D eigenvalue weighted by Crippen LogP contribution is 2.12. The zero-order chi connectivity index (χ0) is 25.9. The van der Waals surface area contributed by atoms with Crippen LogP contribution in [-0.4, -0.2) is 63.1 Å². The fraction of sp³-hybridized carbons (Fsp3) is 0.818. The van der Waals surface area contributed by atoms with Crippen LogP contribution in [0.1, 0.15) is 82.1 Å². The molecule has 196 valence electrons. The van der Waals surface area contributed by atoms with Crippen LogP contribution in [0.5, 0.6) is 0 Å². The molecule has 0 aromatic rings. The highest BCUT2D eigenvalue weighted by Gasteiger charge is 2.28. The van der Waals surface area contributed by atoms with Crippen molar-refractivity contribution in [1.29, 1.82) is 0 Å². The smallest absolute Gasteiger partial charge is 0.408 e. The molecule has 0 aliphatic rings. The third kappa shape index (κ3) is 17.6. The monoisotopic (exact) mass is 480 g/mol. The van der Waals surface area contributed by atoms with Crippen LogP contribution >= 0.6 is 0 Å². The van der Waals surface area contributed by atoms with Crippen molar-refractivity contribution in [3.8, 4) is 0 Å². The molecule has 4 atom stereocenters. The standard InChI is InChI=1S/2C11H21NO4.H2O/c2*1-6-7(2)8(9(13)14)12-10(15)16-11(3,4)5;/h2*7-8H,6H2,1-5H3,(H,12,15)(H,13,14);1H2/t7-,8+;;/m1../s1. The lowest BCUT2D eigenvalue weighted by molar-refractivity contribution is -0.141. The first-order chi connectivity index (χ1) is 14.3. The number of carbonyl (C=O) groups excluding carboxylic acids is 2. The summed E-state index contributed by atoms with van der Waals surface area (Å²) in [5.74, 6) is -2.35. The van der Waals surface area contributed by atoms with Gasteiger partial charge in [-0.15, -0.1) is 0 Å². The SMILES string of the molecule is CCC(C)C(NC(=O)OC(C)(C)C)C(=O)O.CC[C@@H](C)[C@H](NC(=O)OC(C)(C)C)C(=O)O.O. The molecular weight excluding hydrogens is 436 g/mol. The molecule has 0 spiro atoms. The molecule has 0 heterocycles. The molecule has 11 nitrogen and oxygen atoms in total. The van der Waals surface area contributed by atoms with Crippen molar-refractivity contribution in [2.45, 2.75) is 105 Å². The van der Waals surface area contributed by atoms with Crippen molar-refractivity contribution in [2.24, 2.45) is 11.8 Å². The Morgan fingerprint density at radius 2 is 0.939 bits per heavy atom. The van der Waals surface area contributed by atoms with Gasteiger partial charge in [0.05, 0.1) is 0 Å². The molecule has 0 aromatic carbocycles. The highest BCUT2D eigenvalue weighted by atomic mass is 16.6. The Morgan fingerprint density at radius 3 is 1.09 bits per heavy atom. The molecule has 0 fully saturated rings. The Labute approximate surface area is 196 Å². The second-order valence-electron chi connectivity index (χ2n) is 9.70. The summed E-state index contributed by atoms with van der Waals surface area (Å²) >= 11 is 0. The van der Waals surface area contributed by atoms with Gasteiger partial charge in [-0.25, -0.2) is 19.2 Å². The summed E-state index contributed by atoms with van der Waals surface area (Å²) < 4.78 is 10.00. The number of aliphatic carboxylic acids is 2. The summed E-state index contributed by atoms with van der Waals surface area (Å²) in [6, 6.07) is -1.81. The third-order valence-electron chi connectivity index (χ3n) is 4.30. The molecule has 0 radical (unpaired) electrons. The van der Waals surface area contributed by atoms with E-state index in [1.165, 1.54) is 0 Å². The number of rotatable bonds is 8. The second kappa shape index (κ2) is 15.3. The van der Waals surface area contributed by atoms with E-state index in [0.29, 0.717) is 12.8 Å². The van der Waals surface area contributed by atoms with Crippen molar-refractivity contribution in [2.75, 3.05) is 0 Å². The van der Waals surface area contributed by atoms with Gasteiger partial charge >= 0.3 is 24.1 Å². The van der Waals surface area contributed by atoms with Crippen LogP contribution in [0.25, 0.3) is 0 Å². The lowest BCUT2D eigenvalue weighted by atomic mass is 10.00. The number of carboxylic acid groups (broad SMARTS) is 2. The van der Waals surface area contributed by atoms with Gasteiger partial charge in [-0.05, 0) is 53.4 Å². The average molecular weight is 481 g/mol. The van der Waals surface area contributed by atoms with Gasteiger partial charge in [0.1, 0.15) is 23.3 Å². The van der Waals surface area contributed by atoms with E-state index in [2.05, 4.69) is 10.6 Å². The van der Waals surface area contributed by atoms with Crippen LogP contribution in [-0.2, 0) is 19.1 Å². The van der Waals surface area contributed by atoms with Crippen molar-refractivity contribution in [3.05, 3.63) is 0 Å². The van der Waals surface area contributed by atoms with Gasteiger partial charge in [-0.2, -0.15) is 0 Å². The van der Waals surface area contributed by atoms with Crippen LogP contribution in [0.4, 0.5) is 9.59 Å². The molecule has 0 saturated heterocycles. The van der Waals surface area contributed by atoms with Gasteiger partial charge in [0, 0.05) is 0 Å². The van der Waals surface area contributed by atoms with Crippen LogP contribution in [0.3, 0.4) is 0 Å². The molecule has 0 aliphatic carbocycles. The lowest BCUT2D eigenvalue weighted by Gasteiger charge is -2.24. The largest absolute Gasteiger partial charge is 0.480 e.